The molecule has 0 fully saturated rings. The average molecular weight is 355 g/mol. The van der Waals surface area contributed by atoms with E-state index in [0.29, 0.717) is 23.0 Å². The lowest BCUT2D eigenvalue weighted by molar-refractivity contribution is 0.0785. The van der Waals surface area contributed by atoms with Crippen LogP contribution in [0.2, 0.25) is 0 Å². The second-order valence-corrected chi connectivity index (χ2v) is 6.09. The smallest absolute Gasteiger partial charge is 0.259 e. The molecule has 0 unspecified atom stereocenters. The molecule has 2 aromatic carbocycles. The van der Waals surface area contributed by atoms with E-state index in [4.69, 9.17) is 17.0 Å². The Morgan fingerprint density at radius 3 is 2.56 bits per heavy atom. The van der Waals surface area contributed by atoms with Gasteiger partial charge in [-0.05, 0) is 48.1 Å². The van der Waals surface area contributed by atoms with Crippen LogP contribution in [0.15, 0.2) is 47.3 Å². The van der Waals surface area contributed by atoms with Gasteiger partial charge in [0.25, 0.3) is 11.5 Å². The van der Waals surface area contributed by atoms with Crippen molar-refractivity contribution in [3.05, 3.63) is 68.7 Å². The van der Waals surface area contributed by atoms with Gasteiger partial charge in [0.1, 0.15) is 5.75 Å². The van der Waals surface area contributed by atoms with Crippen LogP contribution < -0.4 is 10.3 Å². The monoisotopic (exact) mass is 355 g/mol. The molecule has 6 nitrogen and oxygen atoms in total. The number of nitrogens with one attached hydrogen (secondary N) is 2. The van der Waals surface area contributed by atoms with Gasteiger partial charge in [-0.15, -0.1) is 0 Å². The highest BCUT2D eigenvalue weighted by molar-refractivity contribution is 7.71. The van der Waals surface area contributed by atoms with Gasteiger partial charge in [-0.1, -0.05) is 12.1 Å². The number of rotatable bonds is 4. The normalized spacial score (nSPS) is 10.6. The van der Waals surface area contributed by atoms with E-state index in [9.17, 15) is 9.59 Å². The first kappa shape index (κ1) is 16.9. The van der Waals surface area contributed by atoms with Crippen molar-refractivity contribution in [1.29, 1.82) is 0 Å². The summed E-state index contributed by atoms with van der Waals surface area (Å²) in [6, 6.07) is 12.5. The number of hydrogen-bond acceptors (Lipinski definition) is 4. The number of benzene rings is 2. The third-order valence-electron chi connectivity index (χ3n) is 3.91. The highest BCUT2D eigenvalue weighted by Crippen LogP contribution is 2.15. The Bertz CT molecular complexity index is 1040. The van der Waals surface area contributed by atoms with Crippen LogP contribution in [0.25, 0.3) is 10.9 Å². The molecule has 0 atom stereocenters. The first-order valence-electron chi connectivity index (χ1n) is 7.62. The Labute approximate surface area is 149 Å². The number of carbonyl (C=O) groups is 1. The number of nitrogens with zero attached hydrogens (tertiary/aromatic N) is 1. The molecule has 128 valence electrons. The van der Waals surface area contributed by atoms with Crippen molar-refractivity contribution in [3.8, 4) is 5.75 Å². The predicted octanol–water partition coefficient (Wildman–Crippen LogP) is 2.87. The van der Waals surface area contributed by atoms with Gasteiger partial charge in [-0.3, -0.25) is 14.6 Å². The SMILES string of the molecule is COc1ccc(CN(C)C(=O)c2ccc3c(=O)[nH]c(=S)[nH]c3c2)cc1. The van der Waals surface area contributed by atoms with E-state index < -0.39 is 0 Å². The largest absolute Gasteiger partial charge is 0.497 e. The number of aromatic nitrogens is 2. The van der Waals surface area contributed by atoms with Gasteiger partial charge >= 0.3 is 0 Å². The van der Waals surface area contributed by atoms with Crippen molar-refractivity contribution < 1.29 is 9.53 Å². The summed E-state index contributed by atoms with van der Waals surface area (Å²) in [4.78, 5) is 31.6. The van der Waals surface area contributed by atoms with Crippen LogP contribution in [0.3, 0.4) is 0 Å². The van der Waals surface area contributed by atoms with E-state index in [-0.39, 0.29) is 16.2 Å². The minimum atomic E-state index is -0.274. The molecular formula is C18H17N3O3S. The molecule has 1 heterocycles. The summed E-state index contributed by atoms with van der Waals surface area (Å²) >= 11 is 4.98. The molecular weight excluding hydrogens is 338 g/mol. The summed E-state index contributed by atoms with van der Waals surface area (Å²) < 4.78 is 5.36. The number of carbonyl (C=O) groups excluding carboxylic acids is 1. The maximum atomic E-state index is 12.7. The van der Waals surface area contributed by atoms with Gasteiger partial charge in [0.05, 0.1) is 18.0 Å². The van der Waals surface area contributed by atoms with Gasteiger partial charge in [-0.2, -0.15) is 0 Å². The molecule has 1 aromatic heterocycles. The van der Waals surface area contributed by atoms with E-state index in [2.05, 4.69) is 9.97 Å². The van der Waals surface area contributed by atoms with Crippen LogP contribution in [0.4, 0.5) is 0 Å². The lowest BCUT2D eigenvalue weighted by atomic mass is 10.1. The number of H-pyrrole nitrogens is 2. The molecule has 0 radical (unpaired) electrons. The number of fused-ring (bicyclic) bond motifs is 1. The van der Waals surface area contributed by atoms with Crippen molar-refractivity contribution in [2.45, 2.75) is 6.54 Å². The number of methoxy groups -OCH3 is 1. The molecule has 0 aliphatic carbocycles. The van der Waals surface area contributed by atoms with Crippen molar-refractivity contribution in [1.82, 2.24) is 14.9 Å². The summed E-state index contributed by atoms with van der Waals surface area (Å²) in [6.45, 7) is 0.465. The number of amides is 1. The fourth-order valence-corrected chi connectivity index (χ4v) is 2.80. The zero-order valence-electron chi connectivity index (χ0n) is 13.8. The van der Waals surface area contributed by atoms with Crippen LogP contribution in [0.5, 0.6) is 5.75 Å². The number of hydrogen-bond donors (Lipinski definition) is 2. The van der Waals surface area contributed by atoms with Gasteiger partial charge in [0.2, 0.25) is 0 Å². The van der Waals surface area contributed by atoms with Crippen molar-refractivity contribution in [2.24, 2.45) is 0 Å². The minimum Gasteiger partial charge on any atom is -0.497 e. The first-order chi connectivity index (χ1) is 12.0. The molecule has 0 saturated carbocycles. The van der Waals surface area contributed by atoms with E-state index in [1.54, 1.807) is 37.3 Å². The van der Waals surface area contributed by atoms with Crippen molar-refractivity contribution >= 4 is 29.0 Å². The fraction of sp³-hybridized carbons (Fsp3) is 0.167. The fourth-order valence-electron chi connectivity index (χ4n) is 2.60. The van der Waals surface area contributed by atoms with Crippen LogP contribution in [0.1, 0.15) is 15.9 Å². The Hall–Kier alpha value is -2.93. The van der Waals surface area contributed by atoms with Crippen molar-refractivity contribution in [2.75, 3.05) is 14.2 Å². The van der Waals surface area contributed by atoms with Crippen LogP contribution >= 0.6 is 12.2 Å². The Kier molecular flexibility index (Phi) is 4.67. The molecule has 0 aliphatic heterocycles. The summed E-state index contributed by atoms with van der Waals surface area (Å²) in [6.07, 6.45) is 0. The van der Waals surface area contributed by atoms with Gasteiger partial charge in [0, 0.05) is 19.2 Å². The van der Waals surface area contributed by atoms with E-state index in [1.807, 2.05) is 24.3 Å². The predicted molar refractivity (Wildman–Crippen MR) is 98.5 cm³/mol. The zero-order valence-corrected chi connectivity index (χ0v) is 14.6. The van der Waals surface area contributed by atoms with Crippen LogP contribution in [-0.4, -0.2) is 34.9 Å². The molecule has 0 bridgehead atoms. The Morgan fingerprint density at radius 2 is 1.88 bits per heavy atom. The lowest BCUT2D eigenvalue weighted by Crippen LogP contribution is -2.26. The Morgan fingerprint density at radius 1 is 1.16 bits per heavy atom. The molecule has 1 amide bonds. The average Bonchev–Trinajstić information content (AvgIpc) is 2.61. The number of aromatic amines is 2. The molecule has 0 saturated heterocycles. The number of ether oxygens (including phenoxy) is 1. The third-order valence-corrected chi connectivity index (χ3v) is 4.12. The summed E-state index contributed by atoms with van der Waals surface area (Å²) in [5.41, 5.74) is 1.75. The molecule has 3 aromatic rings. The zero-order chi connectivity index (χ0) is 18.0. The second-order valence-electron chi connectivity index (χ2n) is 5.68. The molecule has 0 aliphatic rings. The quantitative estimate of drug-likeness (QED) is 0.706. The van der Waals surface area contributed by atoms with E-state index in [0.717, 1.165) is 11.3 Å². The summed E-state index contributed by atoms with van der Waals surface area (Å²) in [5.74, 6) is 0.630. The summed E-state index contributed by atoms with van der Waals surface area (Å²) in [5, 5.41) is 0.461. The van der Waals surface area contributed by atoms with Gasteiger partial charge in [-0.25, -0.2) is 0 Å². The second kappa shape index (κ2) is 6.90. The van der Waals surface area contributed by atoms with Crippen molar-refractivity contribution in [3.63, 3.8) is 0 Å². The highest BCUT2D eigenvalue weighted by Gasteiger charge is 2.13. The lowest BCUT2D eigenvalue weighted by Gasteiger charge is -2.17. The molecule has 3 rings (SSSR count). The maximum Gasteiger partial charge on any atom is 0.259 e. The Balaban J connectivity index is 1.85. The van der Waals surface area contributed by atoms with E-state index >= 15 is 0 Å². The summed E-state index contributed by atoms with van der Waals surface area (Å²) in [7, 11) is 3.34. The first-order valence-corrected chi connectivity index (χ1v) is 8.03. The maximum absolute atomic E-state index is 12.7. The minimum absolute atomic E-state index is 0.141. The van der Waals surface area contributed by atoms with E-state index in [1.165, 1.54) is 0 Å². The molecule has 2 N–H and O–H groups in total. The molecule has 0 spiro atoms. The third kappa shape index (κ3) is 3.61. The molecule has 25 heavy (non-hydrogen) atoms. The topological polar surface area (TPSA) is 78.2 Å². The van der Waals surface area contributed by atoms with Gasteiger partial charge < -0.3 is 14.6 Å². The van der Waals surface area contributed by atoms with Crippen LogP contribution in [-0.2, 0) is 6.54 Å². The molecule has 7 heteroatoms. The highest BCUT2D eigenvalue weighted by atomic mass is 32.1. The van der Waals surface area contributed by atoms with Crippen LogP contribution in [0, 0.1) is 4.77 Å². The van der Waals surface area contributed by atoms with Gasteiger partial charge in [0.15, 0.2) is 4.77 Å². The standard InChI is InChI=1S/C18H17N3O3S/c1-21(10-11-3-6-13(24-2)7-4-11)17(23)12-5-8-14-15(9-12)19-18(25)20-16(14)22/h3-9H,10H2,1-2H3,(H2,19,20,22,25).